The van der Waals surface area contributed by atoms with Crippen LogP contribution in [0.2, 0.25) is 10.0 Å². The summed E-state index contributed by atoms with van der Waals surface area (Å²) in [4.78, 5) is 13.9. The minimum Gasteiger partial charge on any atom is -0.397 e. The van der Waals surface area contributed by atoms with Gasteiger partial charge in [-0.15, -0.1) is 0 Å². The van der Waals surface area contributed by atoms with Crippen LogP contribution in [0.15, 0.2) is 12.1 Å². The van der Waals surface area contributed by atoms with Crippen molar-refractivity contribution >= 4 is 34.8 Å². The SMILES string of the molecule is CN(CC1CCCO1)C(=O)c1cc(N)c(Cl)c(Cl)c1. The van der Waals surface area contributed by atoms with Gasteiger partial charge in [-0.2, -0.15) is 0 Å². The fraction of sp³-hybridized carbons (Fsp3) is 0.462. The number of hydrogen-bond acceptors (Lipinski definition) is 3. The fourth-order valence-corrected chi connectivity index (χ4v) is 2.47. The quantitative estimate of drug-likeness (QED) is 0.874. The summed E-state index contributed by atoms with van der Waals surface area (Å²) in [5.41, 5.74) is 6.46. The van der Waals surface area contributed by atoms with E-state index in [1.165, 1.54) is 6.07 Å². The van der Waals surface area contributed by atoms with Gasteiger partial charge in [0.1, 0.15) is 0 Å². The van der Waals surface area contributed by atoms with Crippen LogP contribution < -0.4 is 5.73 Å². The van der Waals surface area contributed by atoms with Crippen molar-refractivity contribution in [2.45, 2.75) is 18.9 Å². The Balaban J connectivity index is 2.10. The van der Waals surface area contributed by atoms with Crippen LogP contribution >= 0.6 is 23.2 Å². The molecule has 0 aliphatic carbocycles. The predicted molar refractivity (Wildman–Crippen MR) is 76.8 cm³/mol. The number of nitrogens with two attached hydrogens (primary N) is 1. The zero-order valence-electron chi connectivity index (χ0n) is 10.7. The first-order chi connectivity index (χ1) is 8.99. The van der Waals surface area contributed by atoms with Crippen LogP contribution in [0.25, 0.3) is 0 Å². The Kier molecular flexibility index (Phi) is 4.55. The van der Waals surface area contributed by atoms with E-state index in [-0.39, 0.29) is 22.1 Å². The van der Waals surface area contributed by atoms with E-state index < -0.39 is 0 Å². The third-order valence-corrected chi connectivity index (χ3v) is 3.97. The maximum atomic E-state index is 12.3. The molecular formula is C13H16Cl2N2O2. The number of halogens is 2. The molecule has 1 heterocycles. The van der Waals surface area contributed by atoms with Crippen molar-refractivity contribution in [2.75, 3.05) is 25.9 Å². The molecule has 1 aromatic rings. The van der Waals surface area contributed by atoms with E-state index in [1.807, 2.05) is 0 Å². The monoisotopic (exact) mass is 302 g/mol. The first-order valence-electron chi connectivity index (χ1n) is 6.10. The number of rotatable bonds is 3. The van der Waals surface area contributed by atoms with Gasteiger partial charge in [0.05, 0.1) is 21.8 Å². The van der Waals surface area contributed by atoms with Crippen molar-refractivity contribution in [1.29, 1.82) is 0 Å². The summed E-state index contributed by atoms with van der Waals surface area (Å²) in [7, 11) is 1.74. The van der Waals surface area contributed by atoms with Gasteiger partial charge in [0.2, 0.25) is 0 Å². The highest BCUT2D eigenvalue weighted by molar-refractivity contribution is 6.43. The van der Waals surface area contributed by atoms with Crippen LogP contribution in [-0.2, 0) is 4.74 Å². The molecule has 1 saturated heterocycles. The molecule has 1 aliphatic rings. The van der Waals surface area contributed by atoms with Gasteiger partial charge in [0, 0.05) is 25.8 Å². The van der Waals surface area contributed by atoms with Gasteiger partial charge in [0.25, 0.3) is 5.91 Å². The number of nitrogens with zero attached hydrogens (tertiary/aromatic N) is 1. The van der Waals surface area contributed by atoms with Crippen molar-refractivity contribution < 1.29 is 9.53 Å². The number of ether oxygens (including phenoxy) is 1. The second-order valence-electron chi connectivity index (χ2n) is 4.68. The van der Waals surface area contributed by atoms with Gasteiger partial charge in [-0.1, -0.05) is 23.2 Å². The molecule has 4 nitrogen and oxygen atoms in total. The molecule has 0 aromatic heterocycles. The van der Waals surface area contributed by atoms with Crippen molar-refractivity contribution in [3.63, 3.8) is 0 Å². The van der Waals surface area contributed by atoms with Gasteiger partial charge in [-0.05, 0) is 25.0 Å². The molecule has 2 rings (SSSR count). The van der Waals surface area contributed by atoms with E-state index in [4.69, 9.17) is 33.7 Å². The average Bonchev–Trinajstić information content (AvgIpc) is 2.87. The lowest BCUT2D eigenvalue weighted by molar-refractivity contribution is 0.0587. The molecule has 1 fully saturated rings. The molecule has 1 amide bonds. The molecule has 6 heteroatoms. The highest BCUT2D eigenvalue weighted by atomic mass is 35.5. The maximum Gasteiger partial charge on any atom is 0.253 e. The lowest BCUT2D eigenvalue weighted by Gasteiger charge is -2.21. The summed E-state index contributed by atoms with van der Waals surface area (Å²) in [6, 6.07) is 3.08. The van der Waals surface area contributed by atoms with E-state index in [0.717, 1.165) is 19.4 Å². The molecule has 0 bridgehead atoms. The number of benzene rings is 1. The summed E-state index contributed by atoms with van der Waals surface area (Å²) < 4.78 is 5.51. The number of likely N-dealkylation sites (N-methyl/N-ethyl adjacent to an activating group) is 1. The van der Waals surface area contributed by atoms with E-state index in [9.17, 15) is 4.79 Å². The number of nitrogen functional groups attached to an aromatic ring is 1. The third-order valence-electron chi connectivity index (χ3n) is 3.15. The second-order valence-corrected chi connectivity index (χ2v) is 5.47. The minimum atomic E-state index is -0.138. The average molecular weight is 303 g/mol. The number of carbonyl (C=O) groups excluding carboxylic acids is 1. The molecule has 2 N–H and O–H groups in total. The van der Waals surface area contributed by atoms with E-state index in [2.05, 4.69) is 0 Å². The molecular weight excluding hydrogens is 287 g/mol. The van der Waals surface area contributed by atoms with Crippen LogP contribution in [-0.4, -0.2) is 37.1 Å². The van der Waals surface area contributed by atoms with Gasteiger partial charge in [-0.3, -0.25) is 4.79 Å². The van der Waals surface area contributed by atoms with Crippen molar-refractivity contribution in [1.82, 2.24) is 4.90 Å². The van der Waals surface area contributed by atoms with Gasteiger partial charge in [0.15, 0.2) is 0 Å². The number of hydrogen-bond donors (Lipinski definition) is 1. The van der Waals surface area contributed by atoms with Crippen LogP contribution in [0.1, 0.15) is 23.2 Å². The van der Waals surface area contributed by atoms with Crippen molar-refractivity contribution in [3.05, 3.63) is 27.7 Å². The van der Waals surface area contributed by atoms with Crippen LogP contribution in [0.5, 0.6) is 0 Å². The minimum absolute atomic E-state index is 0.120. The maximum absolute atomic E-state index is 12.3. The van der Waals surface area contributed by atoms with E-state index in [1.54, 1.807) is 18.0 Å². The number of carbonyl (C=O) groups is 1. The van der Waals surface area contributed by atoms with Gasteiger partial charge < -0.3 is 15.4 Å². The lowest BCUT2D eigenvalue weighted by atomic mass is 10.1. The van der Waals surface area contributed by atoms with Crippen molar-refractivity contribution in [2.24, 2.45) is 0 Å². The zero-order valence-corrected chi connectivity index (χ0v) is 12.2. The van der Waals surface area contributed by atoms with Crippen molar-refractivity contribution in [3.8, 4) is 0 Å². The normalized spacial score (nSPS) is 18.6. The molecule has 0 saturated carbocycles. The molecule has 1 aromatic carbocycles. The summed E-state index contributed by atoms with van der Waals surface area (Å²) in [5.74, 6) is -0.138. The summed E-state index contributed by atoms with van der Waals surface area (Å²) in [5, 5.41) is 0.565. The summed E-state index contributed by atoms with van der Waals surface area (Å²) in [6.45, 7) is 1.34. The molecule has 1 aliphatic heterocycles. The Morgan fingerprint density at radius 3 is 2.84 bits per heavy atom. The Labute approximate surface area is 122 Å². The molecule has 19 heavy (non-hydrogen) atoms. The molecule has 1 atom stereocenters. The Hall–Kier alpha value is -0.970. The smallest absolute Gasteiger partial charge is 0.253 e. The zero-order chi connectivity index (χ0) is 14.0. The topological polar surface area (TPSA) is 55.6 Å². The van der Waals surface area contributed by atoms with E-state index >= 15 is 0 Å². The molecule has 104 valence electrons. The molecule has 1 unspecified atom stereocenters. The van der Waals surface area contributed by atoms with Crippen LogP contribution in [0, 0.1) is 0 Å². The second kappa shape index (κ2) is 5.99. The number of anilines is 1. The fourth-order valence-electron chi connectivity index (χ4n) is 2.13. The standard InChI is InChI=1S/C13H16Cl2N2O2/c1-17(7-9-3-2-4-19-9)13(18)8-5-10(14)12(15)11(16)6-8/h5-6,9H,2-4,7,16H2,1H3. The Morgan fingerprint density at radius 2 is 2.26 bits per heavy atom. The molecule has 0 spiro atoms. The highest BCUT2D eigenvalue weighted by Crippen LogP contribution is 2.29. The van der Waals surface area contributed by atoms with Crippen LogP contribution in [0.4, 0.5) is 5.69 Å². The Morgan fingerprint density at radius 1 is 1.53 bits per heavy atom. The highest BCUT2D eigenvalue weighted by Gasteiger charge is 2.21. The predicted octanol–water partition coefficient (Wildman–Crippen LogP) is 2.83. The first kappa shape index (κ1) is 14.4. The Bertz CT molecular complexity index is 465. The molecule has 0 radical (unpaired) electrons. The lowest BCUT2D eigenvalue weighted by Crippen LogP contribution is -2.34. The third kappa shape index (κ3) is 3.32. The summed E-state index contributed by atoms with van der Waals surface area (Å²) in [6.07, 6.45) is 2.15. The largest absolute Gasteiger partial charge is 0.397 e. The van der Waals surface area contributed by atoms with Gasteiger partial charge >= 0.3 is 0 Å². The van der Waals surface area contributed by atoms with Gasteiger partial charge in [-0.25, -0.2) is 0 Å². The van der Waals surface area contributed by atoms with E-state index in [0.29, 0.717) is 17.8 Å². The van der Waals surface area contributed by atoms with Crippen LogP contribution in [0.3, 0.4) is 0 Å². The first-order valence-corrected chi connectivity index (χ1v) is 6.86. The number of amides is 1. The summed E-state index contributed by atoms with van der Waals surface area (Å²) >= 11 is 11.8.